The summed E-state index contributed by atoms with van der Waals surface area (Å²) in [6.45, 7) is 0.574. The van der Waals surface area contributed by atoms with Crippen LogP contribution in [0.15, 0.2) is 48.5 Å². The number of aryl methyl sites for hydroxylation is 2. The van der Waals surface area contributed by atoms with Crippen molar-refractivity contribution in [2.24, 2.45) is 5.73 Å². The van der Waals surface area contributed by atoms with E-state index >= 15 is 0 Å². The third-order valence-electron chi connectivity index (χ3n) is 2.84. The number of hydrogen-bond acceptors (Lipinski definition) is 1. The van der Waals surface area contributed by atoms with E-state index in [0.717, 1.165) is 24.0 Å². The molecule has 0 bridgehead atoms. The van der Waals surface area contributed by atoms with E-state index in [2.05, 4.69) is 12.1 Å². The highest BCUT2D eigenvalue weighted by molar-refractivity contribution is 5.25. The van der Waals surface area contributed by atoms with Gasteiger partial charge in [-0.2, -0.15) is 0 Å². The summed E-state index contributed by atoms with van der Waals surface area (Å²) >= 11 is 0. The van der Waals surface area contributed by atoms with E-state index < -0.39 is 0 Å². The van der Waals surface area contributed by atoms with Crippen LogP contribution in [0.4, 0.5) is 4.39 Å². The van der Waals surface area contributed by atoms with Gasteiger partial charge in [0.1, 0.15) is 5.82 Å². The van der Waals surface area contributed by atoms with E-state index in [0.29, 0.717) is 6.54 Å². The minimum atomic E-state index is -0.182. The van der Waals surface area contributed by atoms with E-state index in [1.807, 2.05) is 24.3 Å². The lowest BCUT2D eigenvalue weighted by molar-refractivity contribution is 0.627. The first-order chi connectivity index (χ1) is 8.28. The first-order valence-electron chi connectivity index (χ1n) is 5.80. The van der Waals surface area contributed by atoms with Crippen molar-refractivity contribution in [1.82, 2.24) is 0 Å². The lowest BCUT2D eigenvalue weighted by atomic mass is 10.0. The lowest BCUT2D eigenvalue weighted by Crippen LogP contribution is -1.98. The zero-order valence-corrected chi connectivity index (χ0v) is 9.70. The van der Waals surface area contributed by atoms with Crippen molar-refractivity contribution in [3.63, 3.8) is 0 Å². The van der Waals surface area contributed by atoms with E-state index in [4.69, 9.17) is 5.73 Å². The Labute approximate surface area is 101 Å². The molecule has 0 aromatic heterocycles. The van der Waals surface area contributed by atoms with Crippen LogP contribution in [0.2, 0.25) is 0 Å². The van der Waals surface area contributed by atoms with Gasteiger partial charge in [-0.1, -0.05) is 36.4 Å². The Balaban J connectivity index is 1.99. The first kappa shape index (κ1) is 11.8. The molecule has 0 saturated heterocycles. The third kappa shape index (κ3) is 3.40. The molecule has 0 spiro atoms. The molecule has 0 aliphatic rings. The second kappa shape index (κ2) is 5.60. The summed E-state index contributed by atoms with van der Waals surface area (Å²) in [5.74, 6) is -0.182. The summed E-state index contributed by atoms with van der Waals surface area (Å²) in [6, 6.07) is 15.0. The highest BCUT2D eigenvalue weighted by atomic mass is 19.1. The molecule has 0 radical (unpaired) electrons. The van der Waals surface area contributed by atoms with Gasteiger partial charge in [-0.05, 0) is 41.7 Å². The Hall–Kier alpha value is -1.67. The molecule has 2 heteroatoms. The number of rotatable bonds is 4. The van der Waals surface area contributed by atoms with Crippen LogP contribution in [-0.4, -0.2) is 0 Å². The van der Waals surface area contributed by atoms with Gasteiger partial charge in [-0.25, -0.2) is 4.39 Å². The van der Waals surface area contributed by atoms with Gasteiger partial charge < -0.3 is 5.73 Å². The Morgan fingerprint density at radius 1 is 0.824 bits per heavy atom. The van der Waals surface area contributed by atoms with Crippen molar-refractivity contribution in [1.29, 1.82) is 0 Å². The van der Waals surface area contributed by atoms with Crippen molar-refractivity contribution in [3.8, 4) is 0 Å². The zero-order chi connectivity index (χ0) is 12.1. The average molecular weight is 229 g/mol. The summed E-state index contributed by atoms with van der Waals surface area (Å²) in [7, 11) is 0. The minimum Gasteiger partial charge on any atom is -0.326 e. The van der Waals surface area contributed by atoms with Gasteiger partial charge in [0.15, 0.2) is 0 Å². The molecule has 0 saturated carbocycles. The smallest absolute Gasteiger partial charge is 0.123 e. The van der Waals surface area contributed by atoms with Crippen LogP contribution in [0.5, 0.6) is 0 Å². The molecular formula is C15H16FN. The molecular weight excluding hydrogens is 213 g/mol. The Bertz CT molecular complexity index is 477. The predicted octanol–water partition coefficient (Wildman–Crippen LogP) is 3.07. The van der Waals surface area contributed by atoms with Crippen LogP contribution >= 0.6 is 0 Å². The molecule has 0 amide bonds. The molecule has 0 atom stereocenters. The average Bonchev–Trinajstić information content (AvgIpc) is 2.38. The van der Waals surface area contributed by atoms with Crippen LogP contribution in [0.3, 0.4) is 0 Å². The monoisotopic (exact) mass is 229 g/mol. The normalized spacial score (nSPS) is 10.5. The molecule has 0 heterocycles. The largest absolute Gasteiger partial charge is 0.326 e. The highest BCUT2D eigenvalue weighted by Crippen LogP contribution is 2.10. The number of hydrogen-bond donors (Lipinski definition) is 1. The van der Waals surface area contributed by atoms with Crippen molar-refractivity contribution in [2.75, 3.05) is 0 Å². The summed E-state index contributed by atoms with van der Waals surface area (Å²) in [6.07, 6.45) is 1.88. The number of halogens is 1. The molecule has 2 aromatic rings. The van der Waals surface area contributed by atoms with Gasteiger partial charge in [0, 0.05) is 6.54 Å². The summed E-state index contributed by atoms with van der Waals surface area (Å²) in [4.78, 5) is 0. The van der Waals surface area contributed by atoms with Crippen LogP contribution < -0.4 is 5.73 Å². The molecule has 2 N–H and O–H groups in total. The van der Waals surface area contributed by atoms with Gasteiger partial charge >= 0.3 is 0 Å². The van der Waals surface area contributed by atoms with Crippen molar-refractivity contribution in [2.45, 2.75) is 19.4 Å². The molecule has 0 aliphatic carbocycles. The SMILES string of the molecule is NCc1cccc(CCc2ccc(F)cc2)c1. The second-order valence-electron chi connectivity index (χ2n) is 4.15. The molecule has 17 heavy (non-hydrogen) atoms. The molecule has 2 rings (SSSR count). The van der Waals surface area contributed by atoms with Crippen LogP contribution in [0.1, 0.15) is 16.7 Å². The van der Waals surface area contributed by atoms with E-state index in [9.17, 15) is 4.39 Å². The Morgan fingerprint density at radius 3 is 2.18 bits per heavy atom. The topological polar surface area (TPSA) is 26.0 Å². The van der Waals surface area contributed by atoms with E-state index in [1.165, 1.54) is 17.7 Å². The molecule has 88 valence electrons. The van der Waals surface area contributed by atoms with Crippen molar-refractivity contribution in [3.05, 3.63) is 71.0 Å². The summed E-state index contributed by atoms with van der Waals surface area (Å²) < 4.78 is 12.7. The van der Waals surface area contributed by atoms with Crippen molar-refractivity contribution < 1.29 is 4.39 Å². The maximum atomic E-state index is 12.7. The molecule has 0 unspecified atom stereocenters. The van der Waals surface area contributed by atoms with E-state index in [-0.39, 0.29) is 5.82 Å². The Kier molecular flexibility index (Phi) is 3.89. The highest BCUT2D eigenvalue weighted by Gasteiger charge is 1.98. The van der Waals surface area contributed by atoms with Gasteiger partial charge in [-0.3, -0.25) is 0 Å². The first-order valence-corrected chi connectivity index (χ1v) is 5.80. The standard InChI is InChI=1S/C15H16FN/c16-15-8-6-12(7-9-15)4-5-13-2-1-3-14(10-13)11-17/h1-3,6-10H,4-5,11,17H2. The fraction of sp³-hybridized carbons (Fsp3) is 0.200. The van der Waals surface area contributed by atoms with Crippen molar-refractivity contribution >= 4 is 0 Å². The zero-order valence-electron chi connectivity index (χ0n) is 9.70. The van der Waals surface area contributed by atoms with Gasteiger partial charge in [0.25, 0.3) is 0 Å². The van der Waals surface area contributed by atoms with Gasteiger partial charge in [0.05, 0.1) is 0 Å². The predicted molar refractivity (Wildman–Crippen MR) is 68.1 cm³/mol. The lowest BCUT2D eigenvalue weighted by Gasteiger charge is -2.04. The third-order valence-corrected chi connectivity index (χ3v) is 2.84. The molecule has 0 aliphatic heterocycles. The quantitative estimate of drug-likeness (QED) is 0.856. The summed E-state index contributed by atoms with van der Waals surface area (Å²) in [5, 5.41) is 0. The van der Waals surface area contributed by atoms with Gasteiger partial charge in [0.2, 0.25) is 0 Å². The summed E-state index contributed by atoms with van der Waals surface area (Å²) in [5.41, 5.74) is 9.19. The molecule has 0 fully saturated rings. The second-order valence-corrected chi connectivity index (χ2v) is 4.15. The fourth-order valence-electron chi connectivity index (χ4n) is 1.85. The maximum absolute atomic E-state index is 12.7. The Morgan fingerprint density at radius 2 is 1.47 bits per heavy atom. The maximum Gasteiger partial charge on any atom is 0.123 e. The molecule has 1 nitrogen and oxygen atoms in total. The number of nitrogens with two attached hydrogens (primary N) is 1. The number of benzene rings is 2. The molecule has 2 aromatic carbocycles. The van der Waals surface area contributed by atoms with Crippen LogP contribution in [0.25, 0.3) is 0 Å². The van der Waals surface area contributed by atoms with Gasteiger partial charge in [-0.15, -0.1) is 0 Å². The van der Waals surface area contributed by atoms with Crippen LogP contribution in [-0.2, 0) is 19.4 Å². The minimum absolute atomic E-state index is 0.182. The van der Waals surface area contributed by atoms with E-state index in [1.54, 1.807) is 0 Å². The van der Waals surface area contributed by atoms with Crippen LogP contribution in [0, 0.1) is 5.82 Å². The fourth-order valence-corrected chi connectivity index (χ4v) is 1.85.